The highest BCUT2D eigenvalue weighted by atomic mass is 16.2. The molecule has 2 rings (SSSR count). The molecule has 2 heterocycles. The molecule has 1 saturated heterocycles. The topological polar surface area (TPSA) is 54.0 Å². The van der Waals surface area contributed by atoms with E-state index in [1.807, 2.05) is 19.1 Å². The lowest BCUT2D eigenvalue weighted by atomic mass is 9.91. The Morgan fingerprint density at radius 3 is 3.06 bits per heavy atom. The molecule has 2 N–H and O–H groups in total. The number of nitrogens with one attached hydrogen (secondary N) is 2. The van der Waals surface area contributed by atoms with Crippen LogP contribution in [0.1, 0.15) is 38.3 Å². The summed E-state index contributed by atoms with van der Waals surface area (Å²) in [5.41, 5.74) is 1.37. The van der Waals surface area contributed by atoms with Gasteiger partial charge in [-0.2, -0.15) is 0 Å². The summed E-state index contributed by atoms with van der Waals surface area (Å²) in [5, 5.41) is 6.39. The lowest BCUT2D eigenvalue weighted by Crippen LogP contribution is -2.50. The van der Waals surface area contributed by atoms with Crippen LogP contribution < -0.4 is 10.6 Å². The number of aromatic nitrogens is 1. The molecule has 1 atom stereocenters. The first-order valence-corrected chi connectivity index (χ1v) is 6.65. The minimum atomic E-state index is -0.369. The molecule has 0 aliphatic carbocycles. The van der Waals surface area contributed by atoms with Crippen molar-refractivity contribution in [2.75, 3.05) is 11.9 Å². The minimum Gasteiger partial charge on any atom is -0.324 e. The third-order valence-corrected chi connectivity index (χ3v) is 3.51. The number of carbonyl (C=O) groups excluding carboxylic acids is 1. The van der Waals surface area contributed by atoms with Crippen LogP contribution in [-0.4, -0.2) is 23.0 Å². The van der Waals surface area contributed by atoms with Crippen molar-refractivity contribution in [2.24, 2.45) is 0 Å². The number of rotatable bonds is 4. The predicted molar refractivity (Wildman–Crippen MR) is 72.5 cm³/mol. The van der Waals surface area contributed by atoms with Crippen molar-refractivity contribution in [1.82, 2.24) is 10.3 Å². The molecule has 1 amide bonds. The average molecular weight is 247 g/mol. The number of amides is 1. The molecule has 1 aromatic heterocycles. The molecule has 18 heavy (non-hydrogen) atoms. The van der Waals surface area contributed by atoms with Gasteiger partial charge in [-0.15, -0.1) is 0 Å². The van der Waals surface area contributed by atoms with Gasteiger partial charge >= 0.3 is 0 Å². The molecule has 4 heteroatoms. The number of aryl methyl sites for hydroxylation is 1. The molecule has 1 fully saturated rings. The molecule has 0 aromatic carbocycles. The fourth-order valence-electron chi connectivity index (χ4n) is 2.63. The first-order valence-electron chi connectivity index (χ1n) is 6.65. The van der Waals surface area contributed by atoms with Crippen LogP contribution in [0.4, 0.5) is 5.69 Å². The van der Waals surface area contributed by atoms with Gasteiger partial charge < -0.3 is 10.6 Å². The van der Waals surface area contributed by atoms with Crippen molar-refractivity contribution in [1.29, 1.82) is 0 Å². The second kappa shape index (κ2) is 5.48. The molecule has 0 bridgehead atoms. The number of pyridine rings is 1. The SMILES string of the molecule is CCCC1(C(=O)Nc2ccnc(C)c2)CCCN1. The van der Waals surface area contributed by atoms with E-state index in [-0.39, 0.29) is 11.4 Å². The van der Waals surface area contributed by atoms with E-state index in [4.69, 9.17) is 0 Å². The molecule has 0 saturated carbocycles. The Morgan fingerprint density at radius 1 is 1.61 bits per heavy atom. The number of hydrogen-bond acceptors (Lipinski definition) is 3. The van der Waals surface area contributed by atoms with E-state index in [0.29, 0.717) is 0 Å². The summed E-state index contributed by atoms with van der Waals surface area (Å²) in [6, 6.07) is 3.73. The molecule has 1 unspecified atom stereocenters. The molecule has 4 nitrogen and oxygen atoms in total. The van der Waals surface area contributed by atoms with Gasteiger partial charge in [-0.25, -0.2) is 0 Å². The summed E-state index contributed by atoms with van der Waals surface area (Å²) >= 11 is 0. The van der Waals surface area contributed by atoms with Gasteiger partial charge in [-0.05, 0) is 44.9 Å². The second-order valence-corrected chi connectivity index (χ2v) is 5.00. The summed E-state index contributed by atoms with van der Waals surface area (Å²) < 4.78 is 0. The Balaban J connectivity index is 2.10. The maximum absolute atomic E-state index is 12.4. The number of hydrogen-bond donors (Lipinski definition) is 2. The van der Waals surface area contributed by atoms with Crippen molar-refractivity contribution in [2.45, 2.75) is 45.1 Å². The fourth-order valence-corrected chi connectivity index (χ4v) is 2.63. The molecule has 1 aliphatic rings. The van der Waals surface area contributed by atoms with Crippen LogP contribution in [0.2, 0.25) is 0 Å². The average Bonchev–Trinajstić information content (AvgIpc) is 2.79. The van der Waals surface area contributed by atoms with Gasteiger partial charge in [0.05, 0.1) is 5.54 Å². The fraction of sp³-hybridized carbons (Fsp3) is 0.571. The quantitative estimate of drug-likeness (QED) is 0.858. The lowest BCUT2D eigenvalue weighted by Gasteiger charge is -2.27. The van der Waals surface area contributed by atoms with Crippen molar-refractivity contribution in [3.8, 4) is 0 Å². The maximum Gasteiger partial charge on any atom is 0.244 e. The van der Waals surface area contributed by atoms with E-state index in [2.05, 4.69) is 22.5 Å². The highest BCUT2D eigenvalue weighted by molar-refractivity contribution is 5.98. The zero-order valence-electron chi connectivity index (χ0n) is 11.1. The van der Waals surface area contributed by atoms with Crippen molar-refractivity contribution < 1.29 is 4.79 Å². The van der Waals surface area contributed by atoms with E-state index < -0.39 is 0 Å². The second-order valence-electron chi connectivity index (χ2n) is 5.00. The molecule has 98 valence electrons. The monoisotopic (exact) mass is 247 g/mol. The molecule has 0 radical (unpaired) electrons. The van der Waals surface area contributed by atoms with Gasteiger partial charge in [-0.1, -0.05) is 13.3 Å². The number of anilines is 1. The molecular weight excluding hydrogens is 226 g/mol. The van der Waals surface area contributed by atoms with Crippen LogP contribution in [0.3, 0.4) is 0 Å². The molecular formula is C14H21N3O. The van der Waals surface area contributed by atoms with Gasteiger partial charge in [-0.3, -0.25) is 9.78 Å². The van der Waals surface area contributed by atoms with Crippen LogP contribution in [0.5, 0.6) is 0 Å². The van der Waals surface area contributed by atoms with Crippen LogP contribution in [-0.2, 0) is 4.79 Å². The zero-order chi connectivity index (χ0) is 13.0. The maximum atomic E-state index is 12.4. The van der Waals surface area contributed by atoms with Gasteiger partial charge in [0.25, 0.3) is 0 Å². The third kappa shape index (κ3) is 2.70. The van der Waals surface area contributed by atoms with E-state index in [1.54, 1.807) is 6.20 Å². The Labute approximate surface area is 108 Å². The Bertz CT molecular complexity index is 425. The van der Waals surface area contributed by atoms with Gasteiger partial charge in [0, 0.05) is 17.6 Å². The highest BCUT2D eigenvalue weighted by Gasteiger charge is 2.39. The van der Waals surface area contributed by atoms with Gasteiger partial charge in [0.2, 0.25) is 5.91 Å². The lowest BCUT2D eigenvalue weighted by molar-refractivity contribution is -0.122. The van der Waals surface area contributed by atoms with E-state index in [9.17, 15) is 4.79 Å². The van der Waals surface area contributed by atoms with E-state index >= 15 is 0 Å². The Kier molecular flexibility index (Phi) is 3.97. The van der Waals surface area contributed by atoms with Crippen LogP contribution in [0, 0.1) is 6.92 Å². The van der Waals surface area contributed by atoms with Crippen molar-refractivity contribution >= 4 is 11.6 Å². The first-order chi connectivity index (χ1) is 8.66. The number of carbonyl (C=O) groups is 1. The summed E-state index contributed by atoms with van der Waals surface area (Å²) in [7, 11) is 0. The molecule has 1 aromatic rings. The van der Waals surface area contributed by atoms with E-state index in [1.165, 1.54) is 0 Å². The summed E-state index contributed by atoms with van der Waals surface area (Å²) in [6.07, 6.45) is 5.62. The molecule has 1 aliphatic heterocycles. The zero-order valence-corrected chi connectivity index (χ0v) is 11.1. The van der Waals surface area contributed by atoms with Crippen LogP contribution in [0.15, 0.2) is 18.3 Å². The Morgan fingerprint density at radius 2 is 2.44 bits per heavy atom. The first kappa shape index (κ1) is 13.0. The minimum absolute atomic E-state index is 0.0902. The number of nitrogens with zero attached hydrogens (tertiary/aromatic N) is 1. The molecule has 0 spiro atoms. The summed E-state index contributed by atoms with van der Waals surface area (Å²) in [5.74, 6) is 0.0902. The van der Waals surface area contributed by atoms with Crippen LogP contribution in [0.25, 0.3) is 0 Å². The van der Waals surface area contributed by atoms with Gasteiger partial charge in [0.1, 0.15) is 0 Å². The summed E-state index contributed by atoms with van der Waals surface area (Å²) in [6.45, 7) is 4.97. The van der Waals surface area contributed by atoms with Gasteiger partial charge in [0.15, 0.2) is 0 Å². The van der Waals surface area contributed by atoms with Crippen molar-refractivity contribution in [3.63, 3.8) is 0 Å². The third-order valence-electron chi connectivity index (χ3n) is 3.51. The predicted octanol–water partition coefficient (Wildman–Crippen LogP) is 2.25. The smallest absolute Gasteiger partial charge is 0.244 e. The highest BCUT2D eigenvalue weighted by Crippen LogP contribution is 2.26. The Hall–Kier alpha value is -1.42. The van der Waals surface area contributed by atoms with E-state index in [0.717, 1.165) is 43.6 Å². The summed E-state index contributed by atoms with van der Waals surface area (Å²) in [4.78, 5) is 16.6. The standard InChI is InChI=1S/C14H21N3O/c1-3-6-14(7-4-8-16-14)13(18)17-12-5-9-15-11(2)10-12/h5,9-10,16H,3-4,6-8H2,1-2H3,(H,15,17,18). The van der Waals surface area contributed by atoms with Crippen molar-refractivity contribution in [3.05, 3.63) is 24.0 Å². The van der Waals surface area contributed by atoms with Crippen LogP contribution >= 0.6 is 0 Å². The largest absolute Gasteiger partial charge is 0.324 e. The normalized spacial score (nSPS) is 23.0.